The molecule has 0 bridgehead atoms. The number of hydrogen-bond donors (Lipinski definition) is 2. The van der Waals surface area contributed by atoms with Gasteiger partial charge >= 0.3 is 11.9 Å². The molecule has 1 rings (SSSR count). The first-order valence-corrected chi connectivity index (χ1v) is 6.21. The van der Waals surface area contributed by atoms with Crippen LogP contribution in [0.3, 0.4) is 0 Å². The van der Waals surface area contributed by atoms with Gasteiger partial charge in [-0.15, -0.1) is 11.3 Å². The molecule has 0 aliphatic rings. The van der Waals surface area contributed by atoms with Gasteiger partial charge in [0, 0.05) is 5.38 Å². The summed E-state index contributed by atoms with van der Waals surface area (Å²) in [7, 11) is 0. The number of thiazole rings is 1. The first-order valence-electron chi connectivity index (χ1n) is 5.33. The standard InChI is InChI=1S/C10H11N3O6S/c1-2-18-7(15)3-19-13-8(9(16)17)6-4-20-10(12-6)11-5-14/h4-5H,2-3H2,1H3,(H,16,17)(H,11,12,14)/b13-8-. The van der Waals surface area contributed by atoms with Crippen LogP contribution in [0.5, 0.6) is 0 Å². The molecule has 1 aromatic rings. The van der Waals surface area contributed by atoms with E-state index in [0.717, 1.165) is 11.3 Å². The fourth-order valence-electron chi connectivity index (χ4n) is 1.05. The highest BCUT2D eigenvalue weighted by Gasteiger charge is 2.18. The van der Waals surface area contributed by atoms with E-state index in [1.807, 2.05) is 0 Å². The van der Waals surface area contributed by atoms with Gasteiger partial charge < -0.3 is 20.0 Å². The number of rotatable bonds is 8. The second kappa shape index (κ2) is 7.84. The van der Waals surface area contributed by atoms with E-state index in [0.29, 0.717) is 6.41 Å². The molecule has 1 aromatic heterocycles. The Morgan fingerprint density at radius 1 is 1.60 bits per heavy atom. The van der Waals surface area contributed by atoms with Gasteiger partial charge in [0.1, 0.15) is 5.69 Å². The molecular weight excluding hydrogens is 290 g/mol. The molecule has 2 N–H and O–H groups in total. The first-order chi connectivity index (χ1) is 9.58. The van der Waals surface area contributed by atoms with Crippen LogP contribution in [0.4, 0.5) is 5.13 Å². The van der Waals surface area contributed by atoms with Crippen molar-refractivity contribution in [2.75, 3.05) is 18.5 Å². The number of aromatic nitrogens is 1. The average molecular weight is 301 g/mol. The third-order valence-corrected chi connectivity index (χ3v) is 2.55. The highest BCUT2D eigenvalue weighted by atomic mass is 32.1. The molecule has 10 heteroatoms. The zero-order valence-electron chi connectivity index (χ0n) is 10.4. The van der Waals surface area contributed by atoms with Crippen molar-refractivity contribution in [1.82, 2.24) is 4.98 Å². The minimum absolute atomic E-state index is 0.00992. The summed E-state index contributed by atoms with van der Waals surface area (Å²) in [4.78, 5) is 40.7. The van der Waals surface area contributed by atoms with Crippen LogP contribution in [0.2, 0.25) is 0 Å². The smallest absolute Gasteiger partial charge is 0.360 e. The largest absolute Gasteiger partial charge is 0.476 e. The van der Waals surface area contributed by atoms with Crippen LogP contribution in [0, 0.1) is 0 Å². The van der Waals surface area contributed by atoms with Crippen molar-refractivity contribution in [3.05, 3.63) is 11.1 Å². The number of ether oxygens (including phenoxy) is 1. The van der Waals surface area contributed by atoms with Crippen LogP contribution in [0.1, 0.15) is 12.6 Å². The molecule has 1 heterocycles. The molecule has 0 radical (unpaired) electrons. The molecule has 108 valence electrons. The van der Waals surface area contributed by atoms with E-state index in [2.05, 4.69) is 25.0 Å². The highest BCUT2D eigenvalue weighted by molar-refractivity contribution is 7.14. The minimum atomic E-state index is -1.38. The molecule has 0 aliphatic carbocycles. The number of nitrogens with zero attached hydrogens (tertiary/aromatic N) is 2. The summed E-state index contributed by atoms with van der Waals surface area (Å²) < 4.78 is 4.58. The Hall–Kier alpha value is -2.49. The van der Waals surface area contributed by atoms with Crippen LogP contribution >= 0.6 is 11.3 Å². The van der Waals surface area contributed by atoms with Crippen molar-refractivity contribution < 1.29 is 29.1 Å². The first kappa shape index (κ1) is 15.6. The van der Waals surface area contributed by atoms with Gasteiger partial charge in [0.15, 0.2) is 5.13 Å². The predicted octanol–water partition coefficient (Wildman–Crippen LogP) is 0.0798. The second-order valence-corrected chi connectivity index (χ2v) is 3.98. The maximum absolute atomic E-state index is 11.0. The topological polar surface area (TPSA) is 127 Å². The molecule has 0 fully saturated rings. The number of carbonyl (C=O) groups is 3. The van der Waals surface area contributed by atoms with Gasteiger partial charge in [-0.3, -0.25) is 4.79 Å². The Balaban J connectivity index is 2.74. The molecule has 0 saturated heterocycles. The fraction of sp³-hybridized carbons (Fsp3) is 0.300. The monoisotopic (exact) mass is 301 g/mol. The van der Waals surface area contributed by atoms with E-state index in [9.17, 15) is 14.4 Å². The molecule has 0 saturated carbocycles. The molecule has 0 atom stereocenters. The lowest BCUT2D eigenvalue weighted by atomic mass is 10.3. The summed E-state index contributed by atoms with van der Waals surface area (Å²) in [5, 5.41) is 16.2. The van der Waals surface area contributed by atoms with Crippen LogP contribution in [0.15, 0.2) is 10.5 Å². The highest BCUT2D eigenvalue weighted by Crippen LogP contribution is 2.15. The van der Waals surface area contributed by atoms with Gasteiger partial charge in [-0.05, 0) is 6.92 Å². The third kappa shape index (κ3) is 4.65. The van der Waals surface area contributed by atoms with Crippen molar-refractivity contribution in [1.29, 1.82) is 0 Å². The molecule has 9 nitrogen and oxygen atoms in total. The molecule has 0 unspecified atom stereocenters. The van der Waals surface area contributed by atoms with E-state index in [1.165, 1.54) is 5.38 Å². The Morgan fingerprint density at radius 2 is 2.35 bits per heavy atom. The second-order valence-electron chi connectivity index (χ2n) is 3.12. The van der Waals surface area contributed by atoms with Crippen molar-refractivity contribution in [2.45, 2.75) is 6.92 Å². The number of nitrogens with one attached hydrogen (secondary N) is 1. The number of anilines is 1. The van der Waals surface area contributed by atoms with E-state index in [4.69, 9.17) is 5.11 Å². The van der Waals surface area contributed by atoms with Crippen molar-refractivity contribution >= 4 is 40.5 Å². The quantitative estimate of drug-likeness (QED) is 0.301. The van der Waals surface area contributed by atoms with Gasteiger partial charge in [0.25, 0.3) is 0 Å². The lowest BCUT2D eigenvalue weighted by Gasteiger charge is -2.01. The zero-order valence-corrected chi connectivity index (χ0v) is 11.2. The number of carboxylic acids is 1. The van der Waals surface area contributed by atoms with Gasteiger partial charge in [-0.1, -0.05) is 5.16 Å². The lowest BCUT2D eigenvalue weighted by molar-refractivity contribution is -0.148. The third-order valence-electron chi connectivity index (χ3n) is 1.78. The number of oxime groups is 1. The molecule has 0 aromatic carbocycles. The average Bonchev–Trinajstić information content (AvgIpc) is 2.83. The van der Waals surface area contributed by atoms with E-state index < -0.39 is 24.3 Å². The van der Waals surface area contributed by atoms with Gasteiger partial charge in [0.2, 0.25) is 18.7 Å². The minimum Gasteiger partial charge on any atom is -0.476 e. The van der Waals surface area contributed by atoms with Gasteiger partial charge in [0.05, 0.1) is 6.61 Å². The molecule has 20 heavy (non-hydrogen) atoms. The number of carboxylic acid groups (broad SMARTS) is 1. The summed E-state index contributed by atoms with van der Waals surface area (Å²) in [5.74, 6) is -2.04. The summed E-state index contributed by atoms with van der Waals surface area (Å²) in [6, 6.07) is 0. The van der Waals surface area contributed by atoms with Crippen molar-refractivity contribution in [2.24, 2.45) is 5.16 Å². The Morgan fingerprint density at radius 3 is 2.95 bits per heavy atom. The molecule has 0 spiro atoms. The lowest BCUT2D eigenvalue weighted by Crippen LogP contribution is -2.17. The molecular formula is C10H11N3O6S. The fourth-order valence-corrected chi connectivity index (χ4v) is 1.70. The molecule has 1 amide bonds. The van der Waals surface area contributed by atoms with Crippen LogP contribution in [-0.2, 0) is 24.0 Å². The van der Waals surface area contributed by atoms with Crippen molar-refractivity contribution in [3.8, 4) is 0 Å². The summed E-state index contributed by atoms with van der Waals surface area (Å²) >= 11 is 1.02. The normalized spacial score (nSPS) is 10.8. The maximum atomic E-state index is 11.0. The number of hydrogen-bond acceptors (Lipinski definition) is 8. The van der Waals surface area contributed by atoms with Crippen LogP contribution in [-0.4, -0.2) is 47.4 Å². The van der Waals surface area contributed by atoms with Crippen LogP contribution in [0.25, 0.3) is 0 Å². The van der Waals surface area contributed by atoms with Crippen molar-refractivity contribution in [3.63, 3.8) is 0 Å². The van der Waals surface area contributed by atoms with E-state index in [-0.39, 0.29) is 17.4 Å². The number of esters is 1. The Labute approximate surface area is 117 Å². The summed E-state index contributed by atoms with van der Waals surface area (Å²) in [6.45, 7) is 1.30. The van der Waals surface area contributed by atoms with Gasteiger partial charge in [-0.2, -0.15) is 0 Å². The Bertz CT molecular complexity index is 527. The summed E-state index contributed by atoms with van der Waals surface area (Å²) in [6.07, 6.45) is 0.414. The zero-order chi connectivity index (χ0) is 15.0. The number of carbonyl (C=O) groups excluding carboxylic acids is 2. The maximum Gasteiger partial charge on any atom is 0.360 e. The SMILES string of the molecule is CCOC(=O)CO/N=C(\C(=O)O)c1csc(NC=O)n1. The number of amides is 1. The van der Waals surface area contributed by atoms with Gasteiger partial charge in [-0.25, -0.2) is 14.6 Å². The van der Waals surface area contributed by atoms with E-state index >= 15 is 0 Å². The number of aliphatic carboxylic acids is 1. The predicted molar refractivity (Wildman–Crippen MR) is 68.6 cm³/mol. The molecule has 0 aliphatic heterocycles. The van der Waals surface area contributed by atoms with E-state index in [1.54, 1.807) is 6.92 Å². The summed E-state index contributed by atoms with van der Waals surface area (Å²) in [5.41, 5.74) is -0.472. The Kier molecular flexibility index (Phi) is 6.10. The van der Waals surface area contributed by atoms with Crippen LogP contribution < -0.4 is 5.32 Å².